The first-order chi connectivity index (χ1) is 9.41. The van der Waals surface area contributed by atoms with E-state index in [2.05, 4.69) is 44.8 Å². The summed E-state index contributed by atoms with van der Waals surface area (Å²) in [6.07, 6.45) is 6.25. The van der Waals surface area contributed by atoms with E-state index in [-0.39, 0.29) is 12.2 Å². The molecular weight excluding hydrogens is 248 g/mol. The molecule has 1 heterocycles. The molecule has 1 saturated heterocycles. The molecule has 0 spiro atoms. The van der Waals surface area contributed by atoms with E-state index in [1.165, 1.54) is 25.7 Å². The van der Waals surface area contributed by atoms with Crippen molar-refractivity contribution in [1.82, 2.24) is 10.2 Å². The second kappa shape index (κ2) is 6.46. The summed E-state index contributed by atoms with van der Waals surface area (Å²) in [5.41, 5.74) is 0. The Morgan fingerprint density at radius 1 is 1.20 bits per heavy atom. The summed E-state index contributed by atoms with van der Waals surface area (Å²) in [6.45, 7) is 11.2. The van der Waals surface area contributed by atoms with Gasteiger partial charge < -0.3 is 4.90 Å². The van der Waals surface area contributed by atoms with Gasteiger partial charge in [-0.3, -0.25) is 10.1 Å². The van der Waals surface area contributed by atoms with Crippen molar-refractivity contribution in [3.8, 4) is 0 Å². The highest BCUT2D eigenvalue weighted by Gasteiger charge is 2.45. The predicted molar refractivity (Wildman–Crippen MR) is 83.3 cm³/mol. The number of amides is 1. The van der Waals surface area contributed by atoms with Crippen LogP contribution in [0.5, 0.6) is 0 Å². The Kier molecular flexibility index (Phi) is 5.11. The second-order valence-electron chi connectivity index (χ2n) is 7.61. The van der Waals surface area contributed by atoms with Crippen molar-refractivity contribution in [3.63, 3.8) is 0 Å². The van der Waals surface area contributed by atoms with Gasteiger partial charge in [0.25, 0.3) is 0 Å². The molecule has 0 aromatic carbocycles. The largest absolute Gasteiger partial charge is 0.322 e. The number of hydrogen-bond acceptors (Lipinski definition) is 2. The van der Waals surface area contributed by atoms with Crippen molar-refractivity contribution in [2.24, 2.45) is 17.8 Å². The fourth-order valence-corrected chi connectivity index (χ4v) is 3.91. The highest BCUT2D eigenvalue weighted by atomic mass is 16.2. The monoisotopic (exact) mass is 280 g/mol. The van der Waals surface area contributed by atoms with Crippen LogP contribution in [0.1, 0.15) is 66.7 Å². The lowest BCUT2D eigenvalue weighted by atomic mass is 9.84. The molecule has 2 fully saturated rings. The molecule has 3 nitrogen and oxygen atoms in total. The minimum atomic E-state index is 0.0385. The van der Waals surface area contributed by atoms with Gasteiger partial charge in [0.2, 0.25) is 5.91 Å². The lowest BCUT2D eigenvalue weighted by molar-refractivity contribution is -0.135. The van der Waals surface area contributed by atoms with Gasteiger partial charge in [-0.25, -0.2) is 0 Å². The number of carbonyl (C=O) groups is 1. The molecule has 1 aliphatic heterocycles. The Balaban J connectivity index is 2.16. The fourth-order valence-electron chi connectivity index (χ4n) is 3.91. The van der Waals surface area contributed by atoms with E-state index in [4.69, 9.17) is 0 Å². The van der Waals surface area contributed by atoms with E-state index < -0.39 is 0 Å². The number of rotatable bonds is 4. The van der Waals surface area contributed by atoms with Crippen LogP contribution >= 0.6 is 0 Å². The molecule has 4 atom stereocenters. The van der Waals surface area contributed by atoms with E-state index in [1.807, 2.05) is 0 Å². The molecule has 2 rings (SSSR count). The highest BCUT2D eigenvalue weighted by Crippen LogP contribution is 2.33. The van der Waals surface area contributed by atoms with Gasteiger partial charge in [0.05, 0.1) is 12.2 Å². The fraction of sp³-hybridized carbons (Fsp3) is 0.941. The van der Waals surface area contributed by atoms with Crippen LogP contribution in [0.15, 0.2) is 0 Å². The van der Waals surface area contributed by atoms with Gasteiger partial charge in [0.15, 0.2) is 0 Å². The molecule has 1 N–H and O–H groups in total. The lowest BCUT2D eigenvalue weighted by Crippen LogP contribution is -2.50. The van der Waals surface area contributed by atoms with E-state index in [0.717, 1.165) is 6.42 Å². The van der Waals surface area contributed by atoms with Gasteiger partial charge >= 0.3 is 0 Å². The van der Waals surface area contributed by atoms with Crippen molar-refractivity contribution >= 4 is 5.91 Å². The van der Waals surface area contributed by atoms with Crippen LogP contribution in [0, 0.1) is 17.8 Å². The first kappa shape index (κ1) is 15.8. The van der Waals surface area contributed by atoms with E-state index >= 15 is 0 Å². The second-order valence-corrected chi connectivity index (χ2v) is 7.61. The van der Waals surface area contributed by atoms with Gasteiger partial charge in [-0.05, 0) is 37.0 Å². The van der Waals surface area contributed by atoms with Crippen molar-refractivity contribution in [2.75, 3.05) is 0 Å². The minimum Gasteiger partial charge on any atom is -0.322 e. The molecule has 20 heavy (non-hydrogen) atoms. The number of hydrogen-bond donors (Lipinski definition) is 1. The number of carbonyl (C=O) groups excluding carboxylic acids is 1. The minimum absolute atomic E-state index is 0.0385. The molecule has 0 radical (unpaired) electrons. The van der Waals surface area contributed by atoms with Gasteiger partial charge in [-0.15, -0.1) is 0 Å². The van der Waals surface area contributed by atoms with Crippen LogP contribution in [-0.2, 0) is 4.79 Å². The van der Waals surface area contributed by atoms with Crippen molar-refractivity contribution in [3.05, 3.63) is 0 Å². The molecule has 0 aromatic heterocycles. The Morgan fingerprint density at radius 2 is 1.85 bits per heavy atom. The molecular formula is C17H32N2O. The Morgan fingerprint density at radius 3 is 2.40 bits per heavy atom. The van der Waals surface area contributed by atoms with Gasteiger partial charge in [-0.2, -0.15) is 0 Å². The first-order valence-corrected chi connectivity index (χ1v) is 8.50. The SMILES string of the molecule is CC(C)CC1NC(C(C)C)N(C2CCCCC2C)C1=O. The van der Waals surface area contributed by atoms with Crippen LogP contribution in [-0.4, -0.2) is 29.1 Å². The zero-order valence-electron chi connectivity index (χ0n) is 13.9. The van der Waals surface area contributed by atoms with E-state index in [9.17, 15) is 4.79 Å². The molecule has 1 amide bonds. The normalized spacial score (nSPS) is 35.4. The average Bonchev–Trinajstić information content (AvgIpc) is 2.67. The summed E-state index contributed by atoms with van der Waals surface area (Å²) in [4.78, 5) is 15.1. The summed E-state index contributed by atoms with van der Waals surface area (Å²) < 4.78 is 0. The molecule has 1 saturated carbocycles. The Hall–Kier alpha value is -0.570. The van der Waals surface area contributed by atoms with Crippen LogP contribution in [0.3, 0.4) is 0 Å². The van der Waals surface area contributed by atoms with Crippen LogP contribution in [0.4, 0.5) is 0 Å². The Bertz CT molecular complexity index is 340. The van der Waals surface area contributed by atoms with E-state index in [1.54, 1.807) is 0 Å². The summed E-state index contributed by atoms with van der Waals surface area (Å²) in [5, 5.41) is 3.62. The molecule has 0 aromatic rings. The van der Waals surface area contributed by atoms with Crippen LogP contribution < -0.4 is 5.32 Å². The zero-order valence-corrected chi connectivity index (χ0v) is 13.9. The third-order valence-electron chi connectivity index (χ3n) is 4.99. The predicted octanol–water partition coefficient (Wildman–Crippen LogP) is 3.39. The summed E-state index contributed by atoms with van der Waals surface area (Å²) in [7, 11) is 0. The van der Waals surface area contributed by atoms with E-state index in [0.29, 0.717) is 29.7 Å². The summed E-state index contributed by atoms with van der Waals surface area (Å²) in [6, 6.07) is 0.491. The smallest absolute Gasteiger partial charge is 0.241 e. The highest BCUT2D eigenvalue weighted by molar-refractivity contribution is 5.84. The maximum atomic E-state index is 12.9. The molecule has 4 unspecified atom stereocenters. The van der Waals surface area contributed by atoms with Crippen molar-refractivity contribution < 1.29 is 4.79 Å². The third-order valence-corrected chi connectivity index (χ3v) is 4.99. The molecule has 1 aliphatic carbocycles. The van der Waals surface area contributed by atoms with Gasteiger partial charge in [0.1, 0.15) is 0 Å². The van der Waals surface area contributed by atoms with Crippen LogP contribution in [0.2, 0.25) is 0 Å². The first-order valence-electron chi connectivity index (χ1n) is 8.50. The quantitative estimate of drug-likeness (QED) is 0.856. The lowest BCUT2D eigenvalue weighted by Gasteiger charge is -2.40. The third kappa shape index (κ3) is 3.19. The maximum Gasteiger partial charge on any atom is 0.241 e. The summed E-state index contributed by atoms with van der Waals surface area (Å²) >= 11 is 0. The maximum absolute atomic E-state index is 12.9. The van der Waals surface area contributed by atoms with Crippen molar-refractivity contribution in [1.29, 1.82) is 0 Å². The van der Waals surface area contributed by atoms with Crippen LogP contribution in [0.25, 0.3) is 0 Å². The molecule has 0 bridgehead atoms. The number of nitrogens with zero attached hydrogens (tertiary/aromatic N) is 1. The Labute approximate surface area is 124 Å². The summed E-state index contributed by atoms with van der Waals surface area (Å²) in [5.74, 6) is 2.04. The number of nitrogens with one attached hydrogen (secondary N) is 1. The van der Waals surface area contributed by atoms with Crippen molar-refractivity contribution in [2.45, 2.75) is 85.0 Å². The molecule has 3 heteroatoms. The topological polar surface area (TPSA) is 32.3 Å². The molecule has 116 valence electrons. The van der Waals surface area contributed by atoms with Gasteiger partial charge in [-0.1, -0.05) is 47.5 Å². The zero-order chi connectivity index (χ0) is 14.9. The van der Waals surface area contributed by atoms with Gasteiger partial charge in [0, 0.05) is 6.04 Å². The average molecular weight is 280 g/mol. The standard InChI is InChI=1S/C17H32N2O/c1-11(2)10-14-17(20)19(16(18-14)12(3)4)15-9-7-6-8-13(15)5/h11-16,18H,6-10H2,1-5H3. The molecule has 2 aliphatic rings.